The molecule has 2 fully saturated rings. The third-order valence-electron chi connectivity index (χ3n) is 3.81. The molecule has 3 rings (SSSR count). The summed E-state index contributed by atoms with van der Waals surface area (Å²) in [6, 6.07) is 2.19. The largest absolute Gasteiger partial charge is 0.315 e. The molecule has 1 aromatic rings. The highest BCUT2D eigenvalue weighted by Crippen LogP contribution is 2.33. The van der Waals surface area contributed by atoms with Crippen molar-refractivity contribution < 1.29 is 0 Å². The van der Waals surface area contributed by atoms with E-state index in [1.807, 2.05) is 0 Å². The lowest BCUT2D eigenvalue weighted by atomic mass is 10.00. The molecule has 16 heavy (non-hydrogen) atoms. The van der Waals surface area contributed by atoms with Crippen molar-refractivity contribution in [2.45, 2.75) is 44.4 Å². The second-order valence-electron chi connectivity index (χ2n) is 5.13. The van der Waals surface area contributed by atoms with Gasteiger partial charge < -0.3 is 5.32 Å². The SMILES string of the molecule is Cc1cc(C2CCCC2)nc(C2CNC2)n1. The topological polar surface area (TPSA) is 37.8 Å². The van der Waals surface area contributed by atoms with E-state index in [2.05, 4.69) is 23.3 Å². The highest BCUT2D eigenvalue weighted by atomic mass is 15.0. The zero-order valence-corrected chi connectivity index (χ0v) is 9.87. The molecule has 3 nitrogen and oxygen atoms in total. The zero-order valence-electron chi connectivity index (χ0n) is 9.87. The fourth-order valence-electron chi connectivity index (χ4n) is 2.70. The molecule has 1 N–H and O–H groups in total. The Morgan fingerprint density at radius 2 is 1.88 bits per heavy atom. The average molecular weight is 217 g/mol. The molecule has 2 heterocycles. The first-order valence-electron chi connectivity index (χ1n) is 6.39. The fraction of sp³-hybridized carbons (Fsp3) is 0.692. The number of aromatic nitrogens is 2. The summed E-state index contributed by atoms with van der Waals surface area (Å²) in [7, 11) is 0. The average Bonchev–Trinajstić information content (AvgIpc) is 2.66. The first-order valence-corrected chi connectivity index (χ1v) is 6.39. The van der Waals surface area contributed by atoms with E-state index in [1.54, 1.807) is 0 Å². The van der Waals surface area contributed by atoms with E-state index >= 15 is 0 Å². The molecule has 0 bridgehead atoms. The van der Waals surface area contributed by atoms with Crippen molar-refractivity contribution in [3.63, 3.8) is 0 Å². The van der Waals surface area contributed by atoms with Crippen LogP contribution in [0.1, 0.15) is 54.7 Å². The summed E-state index contributed by atoms with van der Waals surface area (Å²) < 4.78 is 0. The summed E-state index contributed by atoms with van der Waals surface area (Å²) in [5.41, 5.74) is 2.44. The van der Waals surface area contributed by atoms with Gasteiger partial charge in [-0.15, -0.1) is 0 Å². The van der Waals surface area contributed by atoms with Crippen LogP contribution in [0.3, 0.4) is 0 Å². The van der Waals surface area contributed by atoms with Gasteiger partial charge in [-0.25, -0.2) is 9.97 Å². The summed E-state index contributed by atoms with van der Waals surface area (Å²) in [6.07, 6.45) is 5.37. The van der Waals surface area contributed by atoms with Crippen LogP contribution in [0.25, 0.3) is 0 Å². The number of nitrogens with one attached hydrogen (secondary N) is 1. The lowest BCUT2D eigenvalue weighted by Crippen LogP contribution is -2.41. The van der Waals surface area contributed by atoms with Crippen molar-refractivity contribution in [1.82, 2.24) is 15.3 Å². The van der Waals surface area contributed by atoms with Gasteiger partial charge in [0, 0.05) is 36.3 Å². The Labute approximate surface area is 96.7 Å². The minimum atomic E-state index is 0.556. The van der Waals surface area contributed by atoms with Crippen molar-refractivity contribution in [1.29, 1.82) is 0 Å². The maximum atomic E-state index is 4.79. The van der Waals surface area contributed by atoms with Gasteiger partial charge >= 0.3 is 0 Å². The standard InChI is InChI=1S/C13H19N3/c1-9-6-12(10-4-2-3-5-10)16-13(15-9)11-7-14-8-11/h6,10-11,14H,2-5,7-8H2,1H3. The normalized spacial score (nSPS) is 22.3. The van der Waals surface area contributed by atoms with Crippen LogP contribution < -0.4 is 5.32 Å². The molecular formula is C13H19N3. The summed E-state index contributed by atoms with van der Waals surface area (Å²) >= 11 is 0. The predicted molar refractivity (Wildman–Crippen MR) is 63.6 cm³/mol. The monoisotopic (exact) mass is 217 g/mol. The summed E-state index contributed by atoms with van der Waals surface area (Å²) in [5.74, 6) is 2.33. The van der Waals surface area contributed by atoms with Crippen LogP contribution >= 0.6 is 0 Å². The highest BCUT2D eigenvalue weighted by Gasteiger charge is 2.25. The van der Waals surface area contributed by atoms with Crippen molar-refractivity contribution in [3.8, 4) is 0 Å². The molecule has 3 heteroatoms. The highest BCUT2D eigenvalue weighted by molar-refractivity contribution is 5.18. The van der Waals surface area contributed by atoms with E-state index < -0.39 is 0 Å². The maximum Gasteiger partial charge on any atom is 0.134 e. The van der Waals surface area contributed by atoms with Crippen molar-refractivity contribution in [2.75, 3.05) is 13.1 Å². The van der Waals surface area contributed by atoms with E-state index in [9.17, 15) is 0 Å². The minimum Gasteiger partial charge on any atom is -0.315 e. The Morgan fingerprint density at radius 1 is 1.12 bits per heavy atom. The second kappa shape index (κ2) is 4.13. The third-order valence-corrected chi connectivity index (χ3v) is 3.81. The Hall–Kier alpha value is -0.960. The molecule has 0 atom stereocenters. The summed E-state index contributed by atoms with van der Waals surface area (Å²) in [4.78, 5) is 9.36. The van der Waals surface area contributed by atoms with Gasteiger partial charge in [-0.1, -0.05) is 12.8 Å². The number of rotatable bonds is 2. The first-order chi connectivity index (χ1) is 7.83. The van der Waals surface area contributed by atoms with Crippen LogP contribution in [0.4, 0.5) is 0 Å². The van der Waals surface area contributed by atoms with Gasteiger partial charge in [0.2, 0.25) is 0 Å². The number of hydrogen-bond acceptors (Lipinski definition) is 3. The van der Waals surface area contributed by atoms with Crippen LogP contribution in [0, 0.1) is 6.92 Å². The number of hydrogen-bond donors (Lipinski definition) is 1. The quantitative estimate of drug-likeness (QED) is 0.824. The van der Waals surface area contributed by atoms with E-state index in [-0.39, 0.29) is 0 Å². The van der Waals surface area contributed by atoms with Crippen LogP contribution in [0.2, 0.25) is 0 Å². The molecule has 1 aromatic heterocycles. The van der Waals surface area contributed by atoms with Crippen LogP contribution in [0.5, 0.6) is 0 Å². The van der Waals surface area contributed by atoms with Gasteiger partial charge in [-0.3, -0.25) is 0 Å². The smallest absolute Gasteiger partial charge is 0.134 e. The molecule has 0 aromatic carbocycles. The van der Waals surface area contributed by atoms with E-state index in [1.165, 1.54) is 31.4 Å². The second-order valence-corrected chi connectivity index (χ2v) is 5.13. The molecule has 1 saturated heterocycles. The minimum absolute atomic E-state index is 0.556. The maximum absolute atomic E-state index is 4.79. The van der Waals surface area contributed by atoms with Gasteiger partial charge in [0.15, 0.2) is 0 Å². The molecule has 0 radical (unpaired) electrons. The van der Waals surface area contributed by atoms with Gasteiger partial charge in [0.1, 0.15) is 5.82 Å². The third kappa shape index (κ3) is 1.84. The molecule has 1 saturated carbocycles. The lowest BCUT2D eigenvalue weighted by molar-refractivity contribution is 0.427. The Balaban J connectivity index is 1.88. The molecule has 1 aliphatic heterocycles. The fourth-order valence-corrected chi connectivity index (χ4v) is 2.70. The van der Waals surface area contributed by atoms with Crippen LogP contribution in [-0.2, 0) is 0 Å². The lowest BCUT2D eigenvalue weighted by Gasteiger charge is -2.26. The Kier molecular flexibility index (Phi) is 2.64. The number of nitrogens with zero attached hydrogens (tertiary/aromatic N) is 2. The van der Waals surface area contributed by atoms with Crippen molar-refractivity contribution in [3.05, 3.63) is 23.3 Å². The van der Waals surface area contributed by atoms with Gasteiger partial charge in [-0.05, 0) is 25.8 Å². The molecular weight excluding hydrogens is 198 g/mol. The van der Waals surface area contributed by atoms with Crippen molar-refractivity contribution >= 4 is 0 Å². The molecule has 0 amide bonds. The predicted octanol–water partition coefficient (Wildman–Crippen LogP) is 2.13. The van der Waals surface area contributed by atoms with Crippen molar-refractivity contribution in [2.24, 2.45) is 0 Å². The molecule has 2 aliphatic rings. The molecule has 0 spiro atoms. The number of aryl methyl sites for hydroxylation is 1. The van der Waals surface area contributed by atoms with E-state index in [4.69, 9.17) is 4.98 Å². The van der Waals surface area contributed by atoms with Gasteiger partial charge in [0.05, 0.1) is 0 Å². The van der Waals surface area contributed by atoms with E-state index in [0.717, 1.165) is 24.6 Å². The van der Waals surface area contributed by atoms with Crippen LogP contribution in [-0.4, -0.2) is 23.1 Å². The zero-order chi connectivity index (χ0) is 11.0. The van der Waals surface area contributed by atoms with Gasteiger partial charge in [0.25, 0.3) is 0 Å². The molecule has 1 aliphatic carbocycles. The first kappa shape index (κ1) is 10.2. The summed E-state index contributed by atoms with van der Waals surface area (Å²) in [5, 5.41) is 3.29. The van der Waals surface area contributed by atoms with E-state index in [0.29, 0.717) is 11.8 Å². The van der Waals surface area contributed by atoms with Gasteiger partial charge in [-0.2, -0.15) is 0 Å². The Bertz CT molecular complexity index is 379. The van der Waals surface area contributed by atoms with Crippen LogP contribution in [0.15, 0.2) is 6.07 Å². The molecule has 86 valence electrons. The summed E-state index contributed by atoms with van der Waals surface area (Å²) in [6.45, 7) is 4.19. The Morgan fingerprint density at radius 3 is 2.50 bits per heavy atom. The molecule has 0 unspecified atom stereocenters.